The Kier molecular flexibility index (Phi) is 5.54. The van der Waals surface area contributed by atoms with Crippen LogP contribution >= 0.6 is 0 Å². The predicted octanol–water partition coefficient (Wildman–Crippen LogP) is 2.99. The number of amides is 2. The van der Waals surface area contributed by atoms with Crippen LogP contribution in [0.1, 0.15) is 44.7 Å². The number of carbonyl (C=O) groups excluding carboxylic acids is 3. The first-order valence-electron chi connectivity index (χ1n) is 8.88. The van der Waals surface area contributed by atoms with Crippen LogP contribution in [-0.4, -0.2) is 30.4 Å². The van der Waals surface area contributed by atoms with E-state index in [9.17, 15) is 14.4 Å². The minimum Gasteiger partial charge on any atom is -0.452 e. The molecular formula is C21H22N2O4. The Balaban J connectivity index is 1.60. The number of hydrogen-bond donors (Lipinski definition) is 2. The van der Waals surface area contributed by atoms with Gasteiger partial charge in [-0.2, -0.15) is 0 Å². The minimum atomic E-state index is -0.550. The molecule has 0 aromatic heterocycles. The Bertz CT molecular complexity index is 888. The summed E-state index contributed by atoms with van der Waals surface area (Å²) in [5, 5.41) is 5.53. The maximum absolute atomic E-state index is 12.3. The maximum Gasteiger partial charge on any atom is 0.338 e. The summed E-state index contributed by atoms with van der Waals surface area (Å²) in [6.07, 6.45) is 1.96. The van der Waals surface area contributed by atoms with E-state index in [4.69, 9.17) is 4.74 Å². The highest BCUT2D eigenvalue weighted by molar-refractivity contribution is 6.04. The third-order valence-corrected chi connectivity index (χ3v) is 4.31. The number of ether oxygens (including phenoxy) is 1. The average molecular weight is 366 g/mol. The molecule has 6 heteroatoms. The first-order valence-corrected chi connectivity index (χ1v) is 8.88. The number of rotatable bonds is 6. The van der Waals surface area contributed by atoms with Crippen LogP contribution in [0.15, 0.2) is 42.5 Å². The molecule has 1 saturated carbocycles. The van der Waals surface area contributed by atoms with Gasteiger partial charge in [-0.05, 0) is 50.5 Å². The standard InChI is InChI=1S/C21H22N2O4/c1-13-7-8-14(2)17(11-13)21(26)27-12-19(24)23-18-6-4-3-5-16(18)20(25)22-15-9-10-15/h3-8,11,15H,9-10,12H2,1-2H3,(H,22,25)(H,23,24). The summed E-state index contributed by atoms with van der Waals surface area (Å²) in [5.41, 5.74) is 2.94. The van der Waals surface area contributed by atoms with Crippen molar-refractivity contribution in [3.8, 4) is 0 Å². The molecule has 1 aliphatic carbocycles. The van der Waals surface area contributed by atoms with Crippen molar-refractivity contribution in [1.29, 1.82) is 0 Å². The minimum absolute atomic E-state index is 0.221. The van der Waals surface area contributed by atoms with Gasteiger partial charge in [0, 0.05) is 6.04 Å². The largest absolute Gasteiger partial charge is 0.452 e. The maximum atomic E-state index is 12.3. The lowest BCUT2D eigenvalue weighted by Gasteiger charge is -2.12. The number of benzene rings is 2. The molecule has 0 atom stereocenters. The molecule has 0 spiro atoms. The zero-order valence-corrected chi connectivity index (χ0v) is 15.4. The number of carbonyl (C=O) groups is 3. The Morgan fingerprint density at radius 2 is 1.78 bits per heavy atom. The molecule has 1 fully saturated rings. The van der Waals surface area contributed by atoms with Gasteiger partial charge in [-0.25, -0.2) is 4.79 Å². The van der Waals surface area contributed by atoms with Gasteiger partial charge in [0.25, 0.3) is 11.8 Å². The average Bonchev–Trinajstić information content (AvgIpc) is 3.46. The van der Waals surface area contributed by atoms with E-state index in [-0.39, 0.29) is 11.9 Å². The Morgan fingerprint density at radius 3 is 2.52 bits per heavy atom. The molecule has 0 aliphatic heterocycles. The number of esters is 1. The smallest absolute Gasteiger partial charge is 0.338 e. The second-order valence-corrected chi connectivity index (χ2v) is 6.74. The molecule has 0 radical (unpaired) electrons. The van der Waals surface area contributed by atoms with Gasteiger partial charge in [0.2, 0.25) is 0 Å². The van der Waals surface area contributed by atoms with E-state index in [2.05, 4.69) is 10.6 Å². The third kappa shape index (κ3) is 4.94. The molecule has 140 valence electrons. The second kappa shape index (κ2) is 8.03. The van der Waals surface area contributed by atoms with Crippen LogP contribution in [0.25, 0.3) is 0 Å². The van der Waals surface area contributed by atoms with Crippen LogP contribution in [0.5, 0.6) is 0 Å². The van der Waals surface area contributed by atoms with Crippen molar-refractivity contribution in [2.75, 3.05) is 11.9 Å². The van der Waals surface area contributed by atoms with Gasteiger partial charge >= 0.3 is 5.97 Å². The molecule has 1 aliphatic rings. The normalized spacial score (nSPS) is 13.0. The van der Waals surface area contributed by atoms with Crippen LogP contribution in [0.4, 0.5) is 5.69 Å². The van der Waals surface area contributed by atoms with E-state index in [1.165, 1.54) is 0 Å². The molecule has 0 saturated heterocycles. The molecule has 2 N–H and O–H groups in total. The number of aryl methyl sites for hydroxylation is 2. The number of anilines is 1. The Morgan fingerprint density at radius 1 is 1.04 bits per heavy atom. The molecule has 0 heterocycles. The van der Waals surface area contributed by atoms with Crippen molar-refractivity contribution in [2.24, 2.45) is 0 Å². The van der Waals surface area contributed by atoms with E-state index >= 15 is 0 Å². The van der Waals surface area contributed by atoms with Gasteiger partial charge in [0.15, 0.2) is 6.61 Å². The summed E-state index contributed by atoms with van der Waals surface area (Å²) in [5.74, 6) is -1.27. The summed E-state index contributed by atoms with van der Waals surface area (Å²) >= 11 is 0. The van der Waals surface area contributed by atoms with Gasteiger partial charge in [-0.3, -0.25) is 9.59 Å². The SMILES string of the molecule is Cc1ccc(C)c(C(=O)OCC(=O)Nc2ccccc2C(=O)NC2CC2)c1. The first-order chi connectivity index (χ1) is 12.9. The van der Waals surface area contributed by atoms with E-state index < -0.39 is 18.5 Å². The highest BCUT2D eigenvalue weighted by atomic mass is 16.5. The Labute approximate surface area is 157 Å². The summed E-state index contributed by atoms with van der Waals surface area (Å²) in [7, 11) is 0. The highest BCUT2D eigenvalue weighted by Gasteiger charge is 2.25. The van der Waals surface area contributed by atoms with Crippen LogP contribution in [-0.2, 0) is 9.53 Å². The number of nitrogens with one attached hydrogen (secondary N) is 2. The van der Waals surface area contributed by atoms with Gasteiger partial charge in [0.05, 0.1) is 16.8 Å². The van der Waals surface area contributed by atoms with Crippen molar-refractivity contribution in [2.45, 2.75) is 32.7 Å². The predicted molar refractivity (Wildman–Crippen MR) is 102 cm³/mol. The molecule has 2 aromatic carbocycles. The number of para-hydroxylation sites is 1. The molecule has 0 bridgehead atoms. The topological polar surface area (TPSA) is 84.5 Å². The molecule has 3 rings (SSSR count). The molecule has 2 amide bonds. The fourth-order valence-electron chi connectivity index (χ4n) is 2.63. The van der Waals surface area contributed by atoms with Crippen molar-refractivity contribution in [3.63, 3.8) is 0 Å². The molecule has 6 nitrogen and oxygen atoms in total. The van der Waals surface area contributed by atoms with E-state index in [0.717, 1.165) is 24.0 Å². The van der Waals surface area contributed by atoms with Crippen LogP contribution in [0, 0.1) is 13.8 Å². The van der Waals surface area contributed by atoms with Crippen LogP contribution in [0.3, 0.4) is 0 Å². The van der Waals surface area contributed by atoms with Crippen LogP contribution < -0.4 is 10.6 Å². The van der Waals surface area contributed by atoms with Crippen molar-refractivity contribution >= 4 is 23.5 Å². The zero-order chi connectivity index (χ0) is 19.4. The summed E-state index contributed by atoms with van der Waals surface area (Å²) in [4.78, 5) is 36.7. The monoisotopic (exact) mass is 366 g/mol. The molecular weight excluding hydrogens is 344 g/mol. The van der Waals surface area contributed by atoms with Crippen molar-refractivity contribution in [3.05, 3.63) is 64.7 Å². The van der Waals surface area contributed by atoms with Gasteiger partial charge < -0.3 is 15.4 Å². The van der Waals surface area contributed by atoms with E-state index in [1.807, 2.05) is 26.0 Å². The lowest BCUT2D eigenvalue weighted by molar-refractivity contribution is -0.119. The zero-order valence-electron chi connectivity index (χ0n) is 15.4. The molecule has 27 heavy (non-hydrogen) atoms. The van der Waals surface area contributed by atoms with Crippen molar-refractivity contribution in [1.82, 2.24) is 5.32 Å². The van der Waals surface area contributed by atoms with E-state index in [0.29, 0.717) is 16.8 Å². The van der Waals surface area contributed by atoms with E-state index in [1.54, 1.807) is 30.3 Å². The molecule has 0 unspecified atom stereocenters. The fraction of sp³-hybridized carbons (Fsp3) is 0.286. The fourth-order valence-corrected chi connectivity index (χ4v) is 2.63. The summed E-state index contributed by atoms with van der Waals surface area (Å²) in [6, 6.07) is 12.4. The van der Waals surface area contributed by atoms with Gasteiger partial charge in [-0.1, -0.05) is 29.8 Å². The lowest BCUT2D eigenvalue weighted by Crippen LogP contribution is -2.28. The summed E-state index contributed by atoms with van der Waals surface area (Å²) < 4.78 is 5.12. The third-order valence-electron chi connectivity index (χ3n) is 4.31. The quantitative estimate of drug-likeness (QED) is 0.770. The molecule has 2 aromatic rings. The number of hydrogen-bond acceptors (Lipinski definition) is 4. The Hall–Kier alpha value is -3.15. The first kappa shape index (κ1) is 18.6. The second-order valence-electron chi connectivity index (χ2n) is 6.74. The summed E-state index contributed by atoms with van der Waals surface area (Å²) in [6.45, 7) is 3.27. The highest BCUT2D eigenvalue weighted by Crippen LogP contribution is 2.21. The van der Waals surface area contributed by atoms with Crippen LogP contribution in [0.2, 0.25) is 0 Å². The van der Waals surface area contributed by atoms with Gasteiger partial charge in [0.1, 0.15) is 0 Å². The van der Waals surface area contributed by atoms with Gasteiger partial charge in [-0.15, -0.1) is 0 Å². The van der Waals surface area contributed by atoms with Crippen molar-refractivity contribution < 1.29 is 19.1 Å². The lowest BCUT2D eigenvalue weighted by atomic mass is 10.1.